The van der Waals surface area contributed by atoms with Gasteiger partial charge in [0.25, 0.3) is 0 Å². The van der Waals surface area contributed by atoms with E-state index in [1.807, 2.05) is 0 Å². The second-order valence-corrected chi connectivity index (χ2v) is 4.13. The summed E-state index contributed by atoms with van der Waals surface area (Å²) < 4.78 is 5.06. The lowest BCUT2D eigenvalue weighted by Crippen LogP contribution is -2.21. The Balaban J connectivity index is 2.80. The summed E-state index contributed by atoms with van der Waals surface area (Å²) in [5, 5.41) is 18.8. The number of hydrogen-bond donors (Lipinski definition) is 3. The molecule has 0 spiro atoms. The van der Waals surface area contributed by atoms with E-state index >= 15 is 0 Å². The number of ether oxygens (including phenoxy) is 1. The highest BCUT2D eigenvalue weighted by molar-refractivity contribution is 6.03. The van der Waals surface area contributed by atoms with Gasteiger partial charge in [-0.2, -0.15) is 0 Å². The van der Waals surface area contributed by atoms with Gasteiger partial charge in [0.15, 0.2) is 5.92 Å². The fraction of sp³-hybridized carbons (Fsp3) is 0.154. The zero-order valence-corrected chi connectivity index (χ0v) is 10.5. The van der Waals surface area contributed by atoms with Gasteiger partial charge in [-0.15, -0.1) is 0 Å². The van der Waals surface area contributed by atoms with Gasteiger partial charge in [0.05, 0.1) is 12.6 Å². The molecule has 0 radical (unpaired) electrons. The van der Waals surface area contributed by atoms with Crippen LogP contribution in [-0.4, -0.2) is 34.2 Å². The summed E-state index contributed by atoms with van der Waals surface area (Å²) in [6.45, 7) is 0. The molecule has 20 heavy (non-hydrogen) atoms. The van der Waals surface area contributed by atoms with E-state index in [1.54, 1.807) is 18.2 Å². The monoisotopic (exact) mass is 276 g/mol. The van der Waals surface area contributed by atoms with Crippen molar-refractivity contribution in [1.82, 2.24) is 4.98 Å². The molecule has 7 nitrogen and oxygen atoms in total. The van der Waals surface area contributed by atoms with Gasteiger partial charge in [-0.25, -0.2) is 4.98 Å². The average Bonchev–Trinajstić information content (AvgIpc) is 2.38. The number of anilines is 1. The molecule has 2 rings (SSSR count). The highest BCUT2D eigenvalue weighted by atomic mass is 16.5. The predicted molar refractivity (Wildman–Crippen MR) is 70.7 cm³/mol. The Kier molecular flexibility index (Phi) is 3.43. The lowest BCUT2D eigenvalue weighted by Gasteiger charge is -2.13. The maximum atomic E-state index is 11.2. The lowest BCUT2D eigenvalue weighted by molar-refractivity contribution is -0.149. The van der Waals surface area contributed by atoms with E-state index in [4.69, 9.17) is 20.7 Å². The highest BCUT2D eigenvalue weighted by Gasteiger charge is 2.30. The van der Waals surface area contributed by atoms with Gasteiger partial charge in [-0.05, 0) is 24.3 Å². The van der Waals surface area contributed by atoms with Crippen molar-refractivity contribution in [2.75, 3.05) is 12.8 Å². The van der Waals surface area contributed by atoms with Crippen LogP contribution in [-0.2, 0) is 9.59 Å². The van der Waals surface area contributed by atoms with Crippen molar-refractivity contribution < 1.29 is 24.5 Å². The number of carbonyl (C=O) groups is 2. The zero-order chi connectivity index (χ0) is 14.9. The molecule has 1 aromatic heterocycles. The number of benzene rings is 1. The molecular formula is C13H12N2O5. The number of aliphatic carboxylic acids is 2. The van der Waals surface area contributed by atoms with E-state index in [-0.39, 0.29) is 16.9 Å². The number of fused-ring (bicyclic) bond motifs is 1. The number of nitrogens with two attached hydrogens (primary N) is 1. The molecule has 0 saturated carbocycles. The first kappa shape index (κ1) is 13.6. The fourth-order valence-electron chi connectivity index (χ4n) is 1.96. The summed E-state index contributed by atoms with van der Waals surface area (Å²) >= 11 is 0. The van der Waals surface area contributed by atoms with Gasteiger partial charge in [0.2, 0.25) is 0 Å². The van der Waals surface area contributed by atoms with Gasteiger partial charge in [-0.3, -0.25) is 9.59 Å². The van der Waals surface area contributed by atoms with E-state index < -0.39 is 17.9 Å². The summed E-state index contributed by atoms with van der Waals surface area (Å²) in [5.74, 6) is -4.15. The Morgan fingerprint density at radius 1 is 1.25 bits per heavy atom. The van der Waals surface area contributed by atoms with Crippen molar-refractivity contribution >= 4 is 28.7 Å². The minimum absolute atomic E-state index is 0.0339. The number of aromatic nitrogens is 1. The number of hydrogen-bond acceptors (Lipinski definition) is 5. The Hall–Kier alpha value is -2.83. The van der Waals surface area contributed by atoms with Crippen molar-refractivity contribution in [2.24, 2.45) is 0 Å². The van der Waals surface area contributed by atoms with E-state index in [1.165, 1.54) is 13.2 Å². The summed E-state index contributed by atoms with van der Waals surface area (Å²) in [6.07, 6.45) is 0. The quantitative estimate of drug-likeness (QED) is 0.714. The fourth-order valence-corrected chi connectivity index (χ4v) is 1.96. The molecule has 0 amide bonds. The number of nitrogen functional groups attached to an aromatic ring is 1. The molecule has 0 bridgehead atoms. The van der Waals surface area contributed by atoms with Crippen LogP contribution in [0.25, 0.3) is 10.9 Å². The van der Waals surface area contributed by atoms with Crippen LogP contribution in [0.3, 0.4) is 0 Å². The van der Waals surface area contributed by atoms with Gasteiger partial charge >= 0.3 is 11.9 Å². The van der Waals surface area contributed by atoms with E-state index in [0.29, 0.717) is 11.1 Å². The van der Waals surface area contributed by atoms with E-state index in [2.05, 4.69) is 4.98 Å². The maximum Gasteiger partial charge on any atom is 0.322 e. The average molecular weight is 276 g/mol. The molecule has 4 N–H and O–H groups in total. The van der Waals surface area contributed by atoms with E-state index in [9.17, 15) is 9.59 Å². The second kappa shape index (κ2) is 5.04. The van der Waals surface area contributed by atoms with Gasteiger partial charge in [0.1, 0.15) is 11.6 Å². The van der Waals surface area contributed by atoms with Crippen LogP contribution in [0, 0.1) is 0 Å². The number of carboxylic acid groups (broad SMARTS) is 2. The molecule has 0 aliphatic rings. The van der Waals surface area contributed by atoms with Crippen LogP contribution in [0.15, 0.2) is 24.3 Å². The SMILES string of the molecule is COc1cc(C(C(=O)O)C(=O)O)c2nc(N)ccc2c1. The smallest absolute Gasteiger partial charge is 0.322 e. The molecule has 0 unspecified atom stereocenters. The summed E-state index contributed by atoms with van der Waals surface area (Å²) in [6, 6.07) is 6.15. The Bertz CT molecular complexity index is 684. The van der Waals surface area contributed by atoms with Crippen LogP contribution in [0.2, 0.25) is 0 Å². The van der Waals surface area contributed by atoms with Crippen LogP contribution >= 0.6 is 0 Å². The second-order valence-electron chi connectivity index (χ2n) is 4.13. The van der Waals surface area contributed by atoms with Gasteiger partial charge in [-0.1, -0.05) is 0 Å². The third-order valence-corrected chi connectivity index (χ3v) is 2.86. The Labute approximate surface area is 113 Å². The van der Waals surface area contributed by atoms with Crippen LogP contribution in [0.1, 0.15) is 11.5 Å². The first-order chi connectivity index (χ1) is 9.43. The highest BCUT2D eigenvalue weighted by Crippen LogP contribution is 2.30. The normalized spacial score (nSPS) is 10.7. The van der Waals surface area contributed by atoms with Crippen LogP contribution in [0.5, 0.6) is 5.75 Å². The van der Waals surface area contributed by atoms with Crippen LogP contribution < -0.4 is 10.5 Å². The minimum Gasteiger partial charge on any atom is -0.497 e. The molecule has 7 heteroatoms. The minimum atomic E-state index is -1.73. The summed E-state index contributed by atoms with van der Waals surface area (Å²) in [5.41, 5.74) is 5.85. The molecule has 1 heterocycles. The maximum absolute atomic E-state index is 11.2. The van der Waals surface area contributed by atoms with Crippen molar-refractivity contribution in [1.29, 1.82) is 0 Å². The van der Waals surface area contributed by atoms with Gasteiger partial charge < -0.3 is 20.7 Å². The first-order valence-corrected chi connectivity index (χ1v) is 5.64. The standard InChI is InChI=1S/C13H12N2O5/c1-20-7-4-6-2-3-9(14)15-11(6)8(5-7)10(12(16)17)13(18)19/h2-5,10H,1H3,(H2,14,15)(H,16,17)(H,18,19). The number of methoxy groups -OCH3 is 1. The summed E-state index contributed by atoms with van der Waals surface area (Å²) in [4.78, 5) is 26.4. The lowest BCUT2D eigenvalue weighted by atomic mass is 9.96. The third kappa shape index (κ3) is 2.33. The number of carboxylic acids is 2. The summed E-state index contributed by atoms with van der Waals surface area (Å²) in [7, 11) is 1.41. The molecule has 0 aliphatic heterocycles. The van der Waals surface area contributed by atoms with Crippen molar-refractivity contribution in [3.63, 3.8) is 0 Å². The number of pyridine rings is 1. The number of rotatable bonds is 4. The molecule has 0 aliphatic carbocycles. The van der Waals surface area contributed by atoms with Crippen molar-refractivity contribution in [2.45, 2.75) is 5.92 Å². The molecule has 1 aromatic carbocycles. The molecule has 0 saturated heterocycles. The van der Waals surface area contributed by atoms with Crippen molar-refractivity contribution in [3.05, 3.63) is 29.8 Å². The van der Waals surface area contributed by atoms with Crippen LogP contribution in [0.4, 0.5) is 5.82 Å². The Morgan fingerprint density at radius 2 is 1.90 bits per heavy atom. The molecular weight excluding hydrogens is 264 g/mol. The molecule has 0 atom stereocenters. The largest absolute Gasteiger partial charge is 0.497 e. The van der Waals surface area contributed by atoms with Gasteiger partial charge in [0, 0.05) is 10.9 Å². The molecule has 0 fully saturated rings. The third-order valence-electron chi connectivity index (χ3n) is 2.86. The topological polar surface area (TPSA) is 123 Å². The first-order valence-electron chi connectivity index (χ1n) is 5.64. The Morgan fingerprint density at radius 3 is 2.45 bits per heavy atom. The number of nitrogens with zero attached hydrogens (tertiary/aromatic N) is 1. The predicted octanol–water partition coefficient (Wildman–Crippen LogP) is 1.08. The molecule has 2 aromatic rings. The molecule has 104 valence electrons. The van der Waals surface area contributed by atoms with Crippen molar-refractivity contribution in [3.8, 4) is 5.75 Å². The zero-order valence-electron chi connectivity index (χ0n) is 10.5. The van der Waals surface area contributed by atoms with E-state index in [0.717, 1.165) is 0 Å².